The second kappa shape index (κ2) is 10.9. The molecule has 2 amide bonds. The zero-order valence-corrected chi connectivity index (χ0v) is 18.8. The van der Waals surface area contributed by atoms with Crippen LogP contribution >= 0.6 is 11.3 Å². The van der Waals surface area contributed by atoms with Crippen molar-refractivity contribution in [3.05, 3.63) is 124 Å². The lowest BCUT2D eigenvalue weighted by Gasteiger charge is -2.11. The molecule has 0 fully saturated rings. The Morgan fingerprint density at radius 1 is 0.824 bits per heavy atom. The average Bonchev–Trinajstić information content (AvgIpc) is 3.57. The van der Waals surface area contributed by atoms with Crippen molar-refractivity contribution in [3.63, 3.8) is 0 Å². The van der Waals surface area contributed by atoms with Gasteiger partial charge in [-0.3, -0.25) is 14.4 Å². The van der Waals surface area contributed by atoms with Gasteiger partial charge in [0, 0.05) is 27.8 Å². The molecular weight excluding hydrogens is 448 g/mol. The highest BCUT2D eigenvalue weighted by molar-refractivity contribution is 7.10. The number of thiophene rings is 1. The molecule has 0 aliphatic heterocycles. The van der Waals surface area contributed by atoms with Crippen molar-refractivity contribution in [2.24, 2.45) is 0 Å². The molecule has 2 heterocycles. The highest BCUT2D eigenvalue weighted by Gasteiger charge is 2.16. The van der Waals surface area contributed by atoms with E-state index in [1.54, 1.807) is 84.1 Å². The summed E-state index contributed by atoms with van der Waals surface area (Å²) in [6.45, 7) is 0. The van der Waals surface area contributed by atoms with E-state index in [-0.39, 0.29) is 11.5 Å². The molecule has 6 nitrogen and oxygen atoms in total. The first-order chi connectivity index (χ1) is 16.6. The minimum Gasteiger partial charge on any atom is -0.465 e. The fraction of sp³-hybridized carbons (Fsp3) is 0. The SMILES string of the molecule is O=C(Nc1ccc(C(=O)/C=C/c2cccs2)cc1)/C(=C/c1ccco1)NC(=O)c1ccccc1. The van der Waals surface area contributed by atoms with E-state index in [9.17, 15) is 14.4 Å². The van der Waals surface area contributed by atoms with Crippen molar-refractivity contribution in [2.75, 3.05) is 5.32 Å². The predicted octanol–water partition coefficient (Wildman–Crippen LogP) is 5.65. The molecule has 0 bridgehead atoms. The van der Waals surface area contributed by atoms with Gasteiger partial charge in [0.25, 0.3) is 11.8 Å². The smallest absolute Gasteiger partial charge is 0.272 e. The number of furan rings is 1. The minimum atomic E-state index is -0.530. The van der Waals surface area contributed by atoms with Crippen molar-refractivity contribution in [1.82, 2.24) is 5.32 Å². The molecule has 2 aromatic carbocycles. The first kappa shape index (κ1) is 22.7. The number of carbonyl (C=O) groups excluding carboxylic acids is 3. The zero-order valence-electron chi connectivity index (χ0n) is 17.9. The summed E-state index contributed by atoms with van der Waals surface area (Å²) in [5.41, 5.74) is 1.40. The molecule has 0 radical (unpaired) electrons. The van der Waals surface area contributed by atoms with E-state index >= 15 is 0 Å². The first-order valence-electron chi connectivity index (χ1n) is 10.4. The second-order valence-electron chi connectivity index (χ2n) is 7.14. The predicted molar refractivity (Wildman–Crippen MR) is 133 cm³/mol. The van der Waals surface area contributed by atoms with Gasteiger partial charge in [-0.05, 0) is 72.1 Å². The van der Waals surface area contributed by atoms with E-state index in [1.807, 2.05) is 17.5 Å². The van der Waals surface area contributed by atoms with Gasteiger partial charge in [0.1, 0.15) is 11.5 Å². The molecule has 0 aliphatic carbocycles. The Morgan fingerprint density at radius 2 is 1.62 bits per heavy atom. The lowest BCUT2D eigenvalue weighted by molar-refractivity contribution is -0.113. The van der Waals surface area contributed by atoms with Crippen molar-refractivity contribution in [2.45, 2.75) is 0 Å². The first-order valence-corrected chi connectivity index (χ1v) is 11.3. The number of nitrogens with one attached hydrogen (secondary N) is 2. The van der Waals surface area contributed by atoms with Gasteiger partial charge < -0.3 is 15.1 Å². The summed E-state index contributed by atoms with van der Waals surface area (Å²) in [6.07, 6.45) is 6.21. The van der Waals surface area contributed by atoms with Gasteiger partial charge in [-0.15, -0.1) is 11.3 Å². The number of allylic oxidation sites excluding steroid dienone is 1. The molecule has 0 aliphatic rings. The van der Waals surface area contributed by atoms with Gasteiger partial charge in [-0.25, -0.2) is 0 Å². The molecule has 0 atom stereocenters. The Bertz CT molecular complexity index is 1320. The summed E-state index contributed by atoms with van der Waals surface area (Å²) in [6, 6.07) is 22.3. The summed E-state index contributed by atoms with van der Waals surface area (Å²) in [5.74, 6) is -0.679. The fourth-order valence-corrected chi connectivity index (χ4v) is 3.63. The van der Waals surface area contributed by atoms with E-state index in [0.29, 0.717) is 22.6 Å². The van der Waals surface area contributed by atoms with Crippen LogP contribution in [0.3, 0.4) is 0 Å². The normalized spacial score (nSPS) is 11.4. The maximum atomic E-state index is 12.9. The lowest BCUT2D eigenvalue weighted by Crippen LogP contribution is -2.30. The van der Waals surface area contributed by atoms with E-state index in [4.69, 9.17) is 4.42 Å². The number of carbonyl (C=O) groups is 3. The quantitative estimate of drug-likeness (QED) is 0.258. The third-order valence-electron chi connectivity index (χ3n) is 4.73. The molecule has 2 N–H and O–H groups in total. The standard InChI is InChI=1S/C27H20N2O4S/c30-25(15-14-23-9-5-17-34-23)19-10-12-21(13-11-19)28-27(32)24(18-22-8-4-16-33-22)29-26(31)20-6-2-1-3-7-20/h1-18H,(H,28,32)(H,29,31)/b15-14+,24-18-. The monoisotopic (exact) mass is 468 g/mol. The number of hydrogen-bond acceptors (Lipinski definition) is 5. The van der Waals surface area contributed by atoms with E-state index in [0.717, 1.165) is 4.88 Å². The summed E-state index contributed by atoms with van der Waals surface area (Å²) in [5, 5.41) is 7.32. The van der Waals surface area contributed by atoms with Gasteiger partial charge in [0.15, 0.2) is 5.78 Å². The van der Waals surface area contributed by atoms with E-state index in [1.165, 1.54) is 18.4 Å². The molecule has 0 spiro atoms. The van der Waals surface area contributed by atoms with Gasteiger partial charge in [0.05, 0.1) is 6.26 Å². The topological polar surface area (TPSA) is 88.4 Å². The Balaban J connectivity index is 1.46. The van der Waals surface area contributed by atoms with Crippen LogP contribution in [0.25, 0.3) is 12.2 Å². The zero-order chi connectivity index (χ0) is 23.8. The maximum absolute atomic E-state index is 12.9. The summed E-state index contributed by atoms with van der Waals surface area (Å²) in [4.78, 5) is 38.9. The van der Waals surface area contributed by atoms with Crippen LogP contribution in [0, 0.1) is 0 Å². The van der Waals surface area contributed by atoms with Crippen LogP contribution in [-0.2, 0) is 4.79 Å². The Kier molecular flexibility index (Phi) is 7.27. The molecule has 7 heteroatoms. The van der Waals surface area contributed by atoms with Gasteiger partial charge >= 0.3 is 0 Å². The molecule has 0 saturated heterocycles. The lowest BCUT2D eigenvalue weighted by atomic mass is 10.1. The molecule has 4 aromatic rings. The summed E-state index contributed by atoms with van der Waals surface area (Å²) in [7, 11) is 0. The van der Waals surface area contributed by atoms with E-state index < -0.39 is 11.8 Å². The number of hydrogen-bond donors (Lipinski definition) is 2. The van der Waals surface area contributed by atoms with Gasteiger partial charge in [-0.1, -0.05) is 24.3 Å². The molecule has 0 unspecified atom stereocenters. The van der Waals surface area contributed by atoms with Crippen LogP contribution in [0.5, 0.6) is 0 Å². The number of amides is 2. The van der Waals surface area contributed by atoms with Crippen molar-refractivity contribution in [1.29, 1.82) is 0 Å². The Morgan fingerprint density at radius 3 is 2.29 bits per heavy atom. The summed E-state index contributed by atoms with van der Waals surface area (Å²) >= 11 is 1.55. The number of anilines is 1. The highest BCUT2D eigenvalue weighted by Crippen LogP contribution is 2.15. The molecular formula is C27H20N2O4S. The van der Waals surface area contributed by atoms with Crippen LogP contribution < -0.4 is 10.6 Å². The molecule has 4 rings (SSSR count). The summed E-state index contributed by atoms with van der Waals surface area (Å²) < 4.78 is 5.29. The van der Waals surface area contributed by atoms with Crippen LogP contribution in [0.2, 0.25) is 0 Å². The van der Waals surface area contributed by atoms with Crippen molar-refractivity contribution >= 4 is 46.8 Å². The van der Waals surface area contributed by atoms with Crippen molar-refractivity contribution < 1.29 is 18.8 Å². The number of benzene rings is 2. The third kappa shape index (κ3) is 6.05. The van der Waals surface area contributed by atoms with Gasteiger partial charge in [-0.2, -0.15) is 0 Å². The minimum absolute atomic E-state index is 0.0165. The molecule has 34 heavy (non-hydrogen) atoms. The number of rotatable bonds is 8. The van der Waals surface area contributed by atoms with Crippen molar-refractivity contribution in [3.8, 4) is 0 Å². The molecule has 2 aromatic heterocycles. The van der Waals surface area contributed by atoms with Crippen LogP contribution in [0.1, 0.15) is 31.4 Å². The average molecular weight is 469 g/mol. The van der Waals surface area contributed by atoms with Gasteiger partial charge in [0.2, 0.25) is 0 Å². The van der Waals surface area contributed by atoms with E-state index in [2.05, 4.69) is 10.6 Å². The Labute approximate surface area is 200 Å². The van der Waals surface area contributed by atoms with Crippen LogP contribution in [0.4, 0.5) is 5.69 Å². The Hall–Kier alpha value is -4.49. The molecule has 168 valence electrons. The largest absolute Gasteiger partial charge is 0.465 e. The third-order valence-corrected chi connectivity index (χ3v) is 5.57. The van der Waals surface area contributed by atoms with Crippen LogP contribution in [0.15, 0.2) is 107 Å². The highest BCUT2D eigenvalue weighted by atomic mass is 32.1. The second-order valence-corrected chi connectivity index (χ2v) is 8.12. The molecule has 0 saturated carbocycles. The fourth-order valence-electron chi connectivity index (χ4n) is 3.01. The maximum Gasteiger partial charge on any atom is 0.272 e. The van der Waals surface area contributed by atoms with Crippen LogP contribution in [-0.4, -0.2) is 17.6 Å². The number of ketones is 1.